The molecule has 12 heavy (non-hydrogen) atoms. The first kappa shape index (κ1) is 12.5. The molecule has 0 rings (SSSR count). The number of rotatable bonds is 3. The van der Waals surface area contributed by atoms with Crippen molar-refractivity contribution in [2.75, 3.05) is 4.43 Å². The van der Waals surface area contributed by atoms with Crippen LogP contribution in [0.5, 0.6) is 0 Å². The molecular formula is C9H19IOSi. The Kier molecular flexibility index (Phi) is 4.84. The summed E-state index contributed by atoms with van der Waals surface area (Å²) in [6.45, 7) is 11.3. The molecule has 0 atom stereocenters. The summed E-state index contributed by atoms with van der Waals surface area (Å²) in [5.41, 5.74) is 0. The van der Waals surface area contributed by atoms with E-state index in [1.807, 2.05) is 6.26 Å². The standard InChI is InChI=1S/C9H19IOSi/c1-9(2,3)12(4,5)11-8-6-7-10/h6,8H,7H2,1-5H3. The summed E-state index contributed by atoms with van der Waals surface area (Å²) in [6.07, 6.45) is 3.92. The van der Waals surface area contributed by atoms with Crippen LogP contribution < -0.4 is 0 Å². The zero-order valence-corrected chi connectivity index (χ0v) is 11.8. The van der Waals surface area contributed by atoms with Crippen LogP contribution in [0.4, 0.5) is 0 Å². The molecule has 0 aliphatic carbocycles. The van der Waals surface area contributed by atoms with E-state index >= 15 is 0 Å². The lowest BCUT2D eigenvalue weighted by atomic mass is 10.2. The Morgan fingerprint density at radius 2 is 1.83 bits per heavy atom. The monoisotopic (exact) mass is 298 g/mol. The van der Waals surface area contributed by atoms with E-state index in [2.05, 4.69) is 62.5 Å². The van der Waals surface area contributed by atoms with Crippen LogP contribution in [-0.4, -0.2) is 12.7 Å². The maximum atomic E-state index is 5.79. The molecule has 0 heterocycles. The highest BCUT2D eigenvalue weighted by molar-refractivity contribution is 14.1. The summed E-state index contributed by atoms with van der Waals surface area (Å²) in [5.74, 6) is 0. The average Bonchev–Trinajstić information content (AvgIpc) is 1.85. The second-order valence-electron chi connectivity index (χ2n) is 4.40. The number of hydrogen-bond acceptors (Lipinski definition) is 1. The molecule has 0 aromatic heterocycles. The van der Waals surface area contributed by atoms with Crippen molar-refractivity contribution in [3.63, 3.8) is 0 Å². The Hall–Kier alpha value is 0.487. The Morgan fingerprint density at radius 1 is 1.33 bits per heavy atom. The van der Waals surface area contributed by atoms with Crippen molar-refractivity contribution < 1.29 is 4.43 Å². The minimum absolute atomic E-state index is 0.308. The predicted octanol–water partition coefficient (Wildman–Crippen LogP) is 3.96. The number of hydrogen-bond donors (Lipinski definition) is 0. The highest BCUT2D eigenvalue weighted by atomic mass is 127. The largest absolute Gasteiger partial charge is 0.549 e. The van der Waals surface area contributed by atoms with Crippen LogP contribution >= 0.6 is 22.6 Å². The van der Waals surface area contributed by atoms with Gasteiger partial charge in [0.2, 0.25) is 8.32 Å². The van der Waals surface area contributed by atoms with Gasteiger partial charge < -0.3 is 4.43 Å². The fraction of sp³-hybridized carbons (Fsp3) is 0.778. The first-order chi connectivity index (χ1) is 5.31. The third-order valence-corrected chi connectivity index (χ3v) is 7.20. The van der Waals surface area contributed by atoms with E-state index in [0.717, 1.165) is 4.43 Å². The minimum atomic E-state index is -1.53. The smallest absolute Gasteiger partial charge is 0.249 e. The molecule has 0 radical (unpaired) electrons. The molecule has 72 valence electrons. The van der Waals surface area contributed by atoms with E-state index in [4.69, 9.17) is 4.43 Å². The van der Waals surface area contributed by atoms with Gasteiger partial charge in [-0.05, 0) is 24.2 Å². The van der Waals surface area contributed by atoms with Crippen molar-refractivity contribution in [3.8, 4) is 0 Å². The van der Waals surface area contributed by atoms with Crippen LogP contribution in [-0.2, 0) is 4.43 Å². The fourth-order valence-corrected chi connectivity index (χ4v) is 1.43. The first-order valence-corrected chi connectivity index (χ1v) is 8.63. The van der Waals surface area contributed by atoms with E-state index in [1.165, 1.54) is 0 Å². The Bertz CT molecular complexity index is 158. The number of halogens is 1. The molecule has 0 aromatic carbocycles. The summed E-state index contributed by atoms with van der Waals surface area (Å²) >= 11 is 2.31. The molecule has 0 aromatic rings. The normalized spacial score (nSPS) is 13.8. The van der Waals surface area contributed by atoms with Crippen molar-refractivity contribution in [1.29, 1.82) is 0 Å². The SMILES string of the molecule is CC(C)(C)[Si](C)(C)OC=CCI. The second-order valence-corrected chi connectivity index (χ2v) is 10.0. The van der Waals surface area contributed by atoms with Gasteiger partial charge in [-0.1, -0.05) is 43.4 Å². The zero-order chi connectivity index (χ0) is 9.83. The lowest BCUT2D eigenvalue weighted by Gasteiger charge is -2.34. The van der Waals surface area contributed by atoms with Gasteiger partial charge in [-0.15, -0.1) is 0 Å². The summed E-state index contributed by atoms with van der Waals surface area (Å²) < 4.78 is 6.81. The molecule has 3 heteroatoms. The van der Waals surface area contributed by atoms with Crippen LogP contribution in [0, 0.1) is 0 Å². The predicted molar refractivity (Wildman–Crippen MR) is 66.3 cm³/mol. The zero-order valence-electron chi connectivity index (χ0n) is 8.65. The number of allylic oxidation sites excluding steroid dienone is 1. The van der Waals surface area contributed by atoms with Gasteiger partial charge in [0.15, 0.2) is 0 Å². The number of alkyl halides is 1. The summed E-state index contributed by atoms with van der Waals surface area (Å²) in [4.78, 5) is 0. The Balaban J connectivity index is 4.14. The van der Waals surface area contributed by atoms with Crippen LogP contribution in [0.2, 0.25) is 18.1 Å². The highest BCUT2D eigenvalue weighted by Crippen LogP contribution is 2.36. The molecule has 0 saturated heterocycles. The minimum Gasteiger partial charge on any atom is -0.549 e. The summed E-state index contributed by atoms with van der Waals surface area (Å²) in [6, 6.07) is 0. The van der Waals surface area contributed by atoms with Gasteiger partial charge in [-0.2, -0.15) is 0 Å². The lowest BCUT2D eigenvalue weighted by molar-refractivity contribution is 0.430. The van der Waals surface area contributed by atoms with Crippen molar-refractivity contribution >= 4 is 30.9 Å². The molecule has 0 N–H and O–H groups in total. The fourth-order valence-electron chi connectivity index (χ4n) is 0.431. The highest BCUT2D eigenvalue weighted by Gasteiger charge is 2.37. The Morgan fingerprint density at radius 3 is 2.17 bits per heavy atom. The third kappa shape index (κ3) is 3.94. The molecule has 0 saturated carbocycles. The van der Waals surface area contributed by atoms with E-state index < -0.39 is 8.32 Å². The van der Waals surface area contributed by atoms with E-state index in [0.29, 0.717) is 5.04 Å². The van der Waals surface area contributed by atoms with Crippen LogP contribution in [0.25, 0.3) is 0 Å². The van der Waals surface area contributed by atoms with Gasteiger partial charge >= 0.3 is 0 Å². The molecule has 0 fully saturated rings. The quantitative estimate of drug-likeness (QED) is 0.332. The van der Waals surface area contributed by atoms with Gasteiger partial charge in [0.25, 0.3) is 0 Å². The van der Waals surface area contributed by atoms with Crippen molar-refractivity contribution in [3.05, 3.63) is 12.3 Å². The molecule has 0 amide bonds. The summed E-state index contributed by atoms with van der Waals surface area (Å²) in [7, 11) is -1.53. The van der Waals surface area contributed by atoms with Gasteiger partial charge in [0, 0.05) is 4.43 Å². The molecular weight excluding hydrogens is 279 g/mol. The van der Waals surface area contributed by atoms with Gasteiger partial charge in [0.1, 0.15) is 0 Å². The van der Waals surface area contributed by atoms with E-state index in [1.54, 1.807) is 0 Å². The Labute approximate surface area is 90.8 Å². The van der Waals surface area contributed by atoms with Crippen molar-refractivity contribution in [2.24, 2.45) is 0 Å². The maximum absolute atomic E-state index is 5.79. The van der Waals surface area contributed by atoms with E-state index in [-0.39, 0.29) is 0 Å². The molecule has 0 spiro atoms. The van der Waals surface area contributed by atoms with Crippen molar-refractivity contribution in [2.45, 2.75) is 38.9 Å². The maximum Gasteiger partial charge on any atom is 0.249 e. The molecule has 0 aliphatic heterocycles. The third-order valence-electron chi connectivity index (χ3n) is 2.35. The van der Waals surface area contributed by atoms with E-state index in [9.17, 15) is 0 Å². The second kappa shape index (κ2) is 4.65. The van der Waals surface area contributed by atoms with Gasteiger partial charge in [0.05, 0.1) is 6.26 Å². The van der Waals surface area contributed by atoms with Crippen LogP contribution in [0.15, 0.2) is 12.3 Å². The lowest BCUT2D eigenvalue weighted by Crippen LogP contribution is -2.39. The van der Waals surface area contributed by atoms with Gasteiger partial charge in [-0.3, -0.25) is 0 Å². The first-order valence-electron chi connectivity index (χ1n) is 4.20. The summed E-state index contributed by atoms with van der Waals surface area (Å²) in [5, 5.41) is 0.308. The van der Waals surface area contributed by atoms with Crippen LogP contribution in [0.1, 0.15) is 20.8 Å². The molecule has 1 nitrogen and oxygen atoms in total. The molecule has 0 unspecified atom stereocenters. The average molecular weight is 298 g/mol. The molecule has 0 aliphatic rings. The topological polar surface area (TPSA) is 9.23 Å². The van der Waals surface area contributed by atoms with Crippen molar-refractivity contribution in [1.82, 2.24) is 0 Å². The molecule has 0 bridgehead atoms. The van der Waals surface area contributed by atoms with Crippen LogP contribution in [0.3, 0.4) is 0 Å². The van der Waals surface area contributed by atoms with Gasteiger partial charge in [-0.25, -0.2) is 0 Å².